The molecule has 1 aliphatic rings. The molecule has 1 aliphatic carbocycles. The maximum atomic E-state index is 5.88. The Balaban J connectivity index is 2.26. The van der Waals surface area contributed by atoms with Gasteiger partial charge in [0.1, 0.15) is 0 Å². The van der Waals surface area contributed by atoms with Crippen molar-refractivity contribution in [1.82, 2.24) is 4.90 Å². The minimum absolute atomic E-state index is 0.430. The molecule has 1 saturated carbocycles. The lowest BCUT2D eigenvalue weighted by atomic mass is 10.1. The Labute approximate surface area is 95.0 Å². The summed E-state index contributed by atoms with van der Waals surface area (Å²) in [7, 11) is 0. The van der Waals surface area contributed by atoms with Gasteiger partial charge in [0.15, 0.2) is 0 Å². The molecule has 0 bridgehead atoms. The predicted molar refractivity (Wildman–Crippen MR) is 65.2 cm³/mol. The van der Waals surface area contributed by atoms with Crippen LogP contribution in [0.2, 0.25) is 0 Å². The Morgan fingerprint density at radius 2 is 1.80 bits per heavy atom. The van der Waals surface area contributed by atoms with Crippen molar-refractivity contribution >= 4 is 0 Å². The smallest absolute Gasteiger partial charge is 0.0544 e. The third-order valence-corrected chi connectivity index (χ3v) is 3.66. The molecule has 1 unspecified atom stereocenters. The third kappa shape index (κ3) is 4.12. The molecule has 2 heteroatoms. The van der Waals surface area contributed by atoms with Crippen molar-refractivity contribution in [3.8, 4) is 0 Å². The molecule has 0 heterocycles. The van der Waals surface area contributed by atoms with E-state index in [0.29, 0.717) is 11.5 Å². The van der Waals surface area contributed by atoms with E-state index in [1.807, 2.05) is 0 Å². The van der Waals surface area contributed by atoms with Gasteiger partial charge in [-0.05, 0) is 39.3 Å². The van der Waals surface area contributed by atoms with Crippen molar-refractivity contribution in [3.63, 3.8) is 0 Å². The Hall–Kier alpha value is -0.0800. The van der Waals surface area contributed by atoms with Gasteiger partial charge in [-0.15, -0.1) is 0 Å². The number of nitrogens with zero attached hydrogens (tertiary/aromatic N) is 1. The van der Waals surface area contributed by atoms with E-state index in [4.69, 9.17) is 4.74 Å². The van der Waals surface area contributed by atoms with Crippen molar-refractivity contribution in [1.29, 1.82) is 0 Å². The quantitative estimate of drug-likeness (QED) is 0.614. The summed E-state index contributed by atoms with van der Waals surface area (Å²) >= 11 is 0. The summed E-state index contributed by atoms with van der Waals surface area (Å²) in [6, 6.07) is 0. The summed E-state index contributed by atoms with van der Waals surface area (Å²) in [5.41, 5.74) is 0.509. The van der Waals surface area contributed by atoms with Crippen LogP contribution >= 0.6 is 0 Å². The van der Waals surface area contributed by atoms with Crippen LogP contribution in [0, 0.1) is 5.41 Å². The van der Waals surface area contributed by atoms with E-state index in [1.165, 1.54) is 32.5 Å². The molecule has 15 heavy (non-hydrogen) atoms. The van der Waals surface area contributed by atoms with Crippen molar-refractivity contribution in [2.24, 2.45) is 5.41 Å². The maximum absolute atomic E-state index is 5.88. The lowest BCUT2D eigenvalue weighted by Crippen LogP contribution is -2.33. The number of hydrogen-bond acceptors (Lipinski definition) is 2. The maximum Gasteiger partial charge on any atom is 0.0544 e. The van der Waals surface area contributed by atoms with E-state index in [0.717, 1.165) is 13.0 Å². The normalized spacial score (nSPS) is 20.6. The molecule has 0 spiro atoms. The summed E-state index contributed by atoms with van der Waals surface area (Å²) in [4.78, 5) is 2.52. The average Bonchev–Trinajstić information content (AvgIpc) is 3.03. The standard InChI is InChI=1S/C13H27NO/c1-5-12(4)15-11-13(8-9-13)10-14(6-2)7-3/h12H,5-11H2,1-4H3. The molecule has 90 valence electrons. The molecule has 0 N–H and O–H groups in total. The van der Waals surface area contributed by atoms with Crippen LogP contribution < -0.4 is 0 Å². The minimum Gasteiger partial charge on any atom is -0.378 e. The van der Waals surface area contributed by atoms with Crippen molar-refractivity contribution < 1.29 is 4.74 Å². The second kappa shape index (κ2) is 5.86. The van der Waals surface area contributed by atoms with E-state index in [1.54, 1.807) is 0 Å². The van der Waals surface area contributed by atoms with Crippen LogP contribution in [0.25, 0.3) is 0 Å². The second-order valence-corrected chi connectivity index (χ2v) is 4.99. The highest BCUT2D eigenvalue weighted by Crippen LogP contribution is 2.46. The average molecular weight is 213 g/mol. The van der Waals surface area contributed by atoms with Gasteiger partial charge in [0.2, 0.25) is 0 Å². The van der Waals surface area contributed by atoms with Crippen molar-refractivity contribution in [2.45, 2.75) is 53.1 Å². The van der Waals surface area contributed by atoms with Gasteiger partial charge < -0.3 is 9.64 Å². The number of rotatable bonds is 8. The Kier molecular flexibility index (Phi) is 5.07. The lowest BCUT2D eigenvalue weighted by molar-refractivity contribution is 0.0210. The molecule has 0 saturated heterocycles. The lowest BCUT2D eigenvalue weighted by Gasteiger charge is -2.26. The van der Waals surface area contributed by atoms with Gasteiger partial charge in [-0.25, -0.2) is 0 Å². The first-order valence-corrected chi connectivity index (χ1v) is 6.49. The van der Waals surface area contributed by atoms with E-state index >= 15 is 0 Å². The van der Waals surface area contributed by atoms with Crippen molar-refractivity contribution in [2.75, 3.05) is 26.2 Å². The molecule has 0 amide bonds. The molecule has 0 aliphatic heterocycles. The van der Waals surface area contributed by atoms with Crippen LogP contribution in [-0.4, -0.2) is 37.2 Å². The molecule has 0 radical (unpaired) electrons. The van der Waals surface area contributed by atoms with Gasteiger partial charge in [0.25, 0.3) is 0 Å². The van der Waals surface area contributed by atoms with Crippen LogP contribution in [0.5, 0.6) is 0 Å². The monoisotopic (exact) mass is 213 g/mol. The van der Waals surface area contributed by atoms with E-state index in [-0.39, 0.29) is 0 Å². The predicted octanol–water partition coefficient (Wildman–Crippen LogP) is 2.92. The van der Waals surface area contributed by atoms with Crippen LogP contribution in [0.1, 0.15) is 47.0 Å². The Morgan fingerprint density at radius 3 is 2.20 bits per heavy atom. The summed E-state index contributed by atoms with van der Waals surface area (Å²) in [5, 5.41) is 0. The molecule has 1 rings (SSSR count). The topological polar surface area (TPSA) is 12.5 Å². The first-order chi connectivity index (χ1) is 7.15. The fourth-order valence-corrected chi connectivity index (χ4v) is 1.88. The van der Waals surface area contributed by atoms with Gasteiger partial charge in [0.05, 0.1) is 12.7 Å². The zero-order chi connectivity index (χ0) is 11.3. The molecular weight excluding hydrogens is 186 g/mol. The SMILES string of the molecule is CCC(C)OCC1(CN(CC)CC)CC1. The highest BCUT2D eigenvalue weighted by atomic mass is 16.5. The first-order valence-electron chi connectivity index (χ1n) is 6.49. The highest BCUT2D eigenvalue weighted by Gasteiger charge is 2.43. The zero-order valence-electron chi connectivity index (χ0n) is 10.9. The van der Waals surface area contributed by atoms with Crippen LogP contribution in [0.3, 0.4) is 0 Å². The Morgan fingerprint density at radius 1 is 1.20 bits per heavy atom. The minimum atomic E-state index is 0.430. The van der Waals surface area contributed by atoms with Gasteiger partial charge >= 0.3 is 0 Å². The summed E-state index contributed by atoms with van der Waals surface area (Å²) < 4.78 is 5.88. The first kappa shape index (κ1) is 13.0. The van der Waals surface area contributed by atoms with E-state index in [2.05, 4.69) is 32.6 Å². The second-order valence-electron chi connectivity index (χ2n) is 4.99. The fraction of sp³-hybridized carbons (Fsp3) is 1.00. The van der Waals surface area contributed by atoms with Crippen LogP contribution in [0.4, 0.5) is 0 Å². The molecule has 0 aromatic rings. The molecule has 0 aromatic carbocycles. The number of hydrogen-bond donors (Lipinski definition) is 0. The molecule has 2 nitrogen and oxygen atoms in total. The van der Waals surface area contributed by atoms with E-state index < -0.39 is 0 Å². The van der Waals surface area contributed by atoms with Gasteiger partial charge in [0, 0.05) is 12.0 Å². The number of ether oxygens (including phenoxy) is 1. The van der Waals surface area contributed by atoms with Crippen LogP contribution in [-0.2, 0) is 4.74 Å². The molecule has 0 aromatic heterocycles. The van der Waals surface area contributed by atoms with Crippen molar-refractivity contribution in [3.05, 3.63) is 0 Å². The molecular formula is C13H27NO. The third-order valence-electron chi connectivity index (χ3n) is 3.66. The molecule has 1 fully saturated rings. The summed E-state index contributed by atoms with van der Waals surface area (Å²) in [6.45, 7) is 13.4. The largest absolute Gasteiger partial charge is 0.378 e. The Bertz CT molecular complexity index is 173. The van der Waals surface area contributed by atoms with E-state index in [9.17, 15) is 0 Å². The van der Waals surface area contributed by atoms with Gasteiger partial charge in [-0.1, -0.05) is 20.8 Å². The zero-order valence-corrected chi connectivity index (χ0v) is 10.9. The summed E-state index contributed by atoms with van der Waals surface area (Å²) in [5.74, 6) is 0. The van der Waals surface area contributed by atoms with Gasteiger partial charge in [-0.2, -0.15) is 0 Å². The fourth-order valence-electron chi connectivity index (χ4n) is 1.88. The molecule has 1 atom stereocenters. The van der Waals surface area contributed by atoms with Crippen LogP contribution in [0.15, 0.2) is 0 Å². The van der Waals surface area contributed by atoms with Gasteiger partial charge in [-0.3, -0.25) is 0 Å². The highest BCUT2D eigenvalue weighted by molar-refractivity contribution is 4.95. The summed E-state index contributed by atoms with van der Waals surface area (Å²) in [6.07, 6.45) is 4.28.